The van der Waals surface area contributed by atoms with E-state index in [4.69, 9.17) is 4.74 Å². The Labute approximate surface area is 99.6 Å². The van der Waals surface area contributed by atoms with Crippen LogP contribution in [0.4, 0.5) is 0 Å². The van der Waals surface area contributed by atoms with Crippen molar-refractivity contribution in [3.63, 3.8) is 0 Å². The summed E-state index contributed by atoms with van der Waals surface area (Å²) < 4.78 is 4.98. The number of carboxylic acid groups (broad SMARTS) is 1. The molecule has 0 bridgehead atoms. The SMILES string of the molecule is C[NH+](C)CCOC(=O)c1ccccc1C(=O)[O-]. The fourth-order valence-corrected chi connectivity index (χ4v) is 1.26. The summed E-state index contributed by atoms with van der Waals surface area (Å²) in [6.07, 6.45) is 0. The summed E-state index contributed by atoms with van der Waals surface area (Å²) >= 11 is 0. The molecule has 0 amide bonds. The summed E-state index contributed by atoms with van der Waals surface area (Å²) in [6, 6.07) is 5.85. The van der Waals surface area contributed by atoms with Crippen LogP contribution in [-0.2, 0) is 4.74 Å². The predicted octanol–water partition coefficient (Wildman–Crippen LogP) is -1.65. The molecule has 1 aromatic rings. The third kappa shape index (κ3) is 3.88. The van der Waals surface area contributed by atoms with Gasteiger partial charge in [0, 0.05) is 5.56 Å². The predicted molar refractivity (Wildman–Crippen MR) is 58.7 cm³/mol. The minimum Gasteiger partial charge on any atom is -0.545 e. The first-order chi connectivity index (χ1) is 8.02. The molecule has 0 radical (unpaired) electrons. The van der Waals surface area contributed by atoms with Crippen molar-refractivity contribution in [2.45, 2.75) is 0 Å². The maximum Gasteiger partial charge on any atom is 0.339 e. The van der Waals surface area contributed by atoms with Gasteiger partial charge in [-0.25, -0.2) is 4.79 Å². The molecule has 0 heterocycles. The van der Waals surface area contributed by atoms with E-state index < -0.39 is 11.9 Å². The van der Waals surface area contributed by atoms with E-state index in [1.54, 1.807) is 6.07 Å². The van der Waals surface area contributed by atoms with Gasteiger partial charge in [0.1, 0.15) is 13.2 Å². The second-order valence-corrected chi connectivity index (χ2v) is 3.93. The third-order valence-electron chi connectivity index (χ3n) is 2.20. The van der Waals surface area contributed by atoms with E-state index in [9.17, 15) is 14.7 Å². The zero-order valence-electron chi connectivity index (χ0n) is 9.86. The van der Waals surface area contributed by atoms with Gasteiger partial charge in [-0.3, -0.25) is 0 Å². The summed E-state index contributed by atoms with van der Waals surface area (Å²) in [7, 11) is 3.87. The van der Waals surface area contributed by atoms with Crippen molar-refractivity contribution in [3.8, 4) is 0 Å². The Bertz CT molecular complexity index is 415. The fourth-order valence-electron chi connectivity index (χ4n) is 1.26. The van der Waals surface area contributed by atoms with E-state index in [2.05, 4.69) is 0 Å². The first-order valence-electron chi connectivity index (χ1n) is 5.29. The van der Waals surface area contributed by atoms with E-state index in [0.717, 1.165) is 4.90 Å². The Morgan fingerprint density at radius 3 is 2.35 bits per heavy atom. The Hall–Kier alpha value is -1.88. The van der Waals surface area contributed by atoms with Crippen molar-refractivity contribution in [3.05, 3.63) is 35.4 Å². The highest BCUT2D eigenvalue weighted by molar-refractivity contribution is 6.01. The van der Waals surface area contributed by atoms with Crippen molar-refractivity contribution in [2.24, 2.45) is 0 Å². The van der Waals surface area contributed by atoms with Crippen LogP contribution in [0.15, 0.2) is 24.3 Å². The highest BCUT2D eigenvalue weighted by atomic mass is 16.5. The van der Waals surface area contributed by atoms with Gasteiger partial charge < -0.3 is 19.5 Å². The first kappa shape index (κ1) is 13.2. The molecule has 0 aliphatic rings. The number of hydrogen-bond donors (Lipinski definition) is 1. The molecule has 0 aliphatic heterocycles. The van der Waals surface area contributed by atoms with Gasteiger partial charge >= 0.3 is 5.97 Å². The molecule has 17 heavy (non-hydrogen) atoms. The van der Waals surface area contributed by atoms with Gasteiger partial charge in [-0.1, -0.05) is 18.2 Å². The van der Waals surface area contributed by atoms with Crippen LogP contribution in [0.1, 0.15) is 20.7 Å². The largest absolute Gasteiger partial charge is 0.545 e. The van der Waals surface area contributed by atoms with E-state index >= 15 is 0 Å². The fraction of sp³-hybridized carbons (Fsp3) is 0.333. The van der Waals surface area contributed by atoms with Crippen molar-refractivity contribution < 1.29 is 24.3 Å². The average molecular weight is 237 g/mol. The molecule has 0 atom stereocenters. The van der Waals surface area contributed by atoms with Crippen LogP contribution in [0.5, 0.6) is 0 Å². The summed E-state index contributed by atoms with van der Waals surface area (Å²) in [5.41, 5.74) is -0.115. The van der Waals surface area contributed by atoms with Gasteiger partial charge in [0.2, 0.25) is 0 Å². The highest BCUT2D eigenvalue weighted by Gasteiger charge is 2.12. The third-order valence-corrected chi connectivity index (χ3v) is 2.20. The van der Waals surface area contributed by atoms with Crippen molar-refractivity contribution in [1.82, 2.24) is 0 Å². The lowest BCUT2D eigenvalue weighted by Crippen LogP contribution is -3.06. The number of ether oxygens (including phenoxy) is 1. The number of hydrogen-bond acceptors (Lipinski definition) is 4. The molecule has 0 saturated heterocycles. The molecule has 0 fully saturated rings. The van der Waals surface area contributed by atoms with Crippen LogP contribution in [-0.4, -0.2) is 39.2 Å². The van der Waals surface area contributed by atoms with Gasteiger partial charge in [-0.05, 0) is 6.07 Å². The molecule has 1 N–H and O–H groups in total. The molecule has 92 valence electrons. The second-order valence-electron chi connectivity index (χ2n) is 3.93. The van der Waals surface area contributed by atoms with Gasteiger partial charge in [-0.15, -0.1) is 0 Å². The van der Waals surface area contributed by atoms with Crippen molar-refractivity contribution in [1.29, 1.82) is 0 Å². The van der Waals surface area contributed by atoms with Gasteiger partial charge in [0.15, 0.2) is 0 Å². The van der Waals surface area contributed by atoms with Crippen molar-refractivity contribution >= 4 is 11.9 Å². The molecule has 1 aromatic carbocycles. The standard InChI is InChI=1S/C12H15NO4/c1-13(2)7-8-17-12(16)10-6-4-3-5-9(10)11(14)15/h3-6H,7-8H2,1-2H3,(H,14,15). The molecule has 0 unspecified atom stereocenters. The number of carbonyl (C=O) groups excluding carboxylic acids is 2. The topological polar surface area (TPSA) is 70.9 Å². The van der Waals surface area contributed by atoms with E-state index in [1.165, 1.54) is 18.2 Å². The normalized spacial score (nSPS) is 10.3. The Balaban J connectivity index is 2.72. The average Bonchev–Trinajstić information content (AvgIpc) is 2.28. The number of aromatic carboxylic acids is 1. The lowest BCUT2D eigenvalue weighted by atomic mass is 10.1. The Kier molecular flexibility index (Phi) is 4.66. The monoisotopic (exact) mass is 237 g/mol. The summed E-state index contributed by atoms with van der Waals surface area (Å²) in [5.74, 6) is -2.01. The van der Waals surface area contributed by atoms with Gasteiger partial charge in [0.25, 0.3) is 0 Å². The first-order valence-corrected chi connectivity index (χ1v) is 5.29. The van der Waals surface area contributed by atoms with E-state index in [-0.39, 0.29) is 17.7 Å². The number of nitrogens with one attached hydrogen (secondary N) is 1. The lowest BCUT2D eigenvalue weighted by molar-refractivity contribution is -0.858. The highest BCUT2D eigenvalue weighted by Crippen LogP contribution is 2.09. The molecular weight excluding hydrogens is 222 g/mol. The minimum absolute atomic E-state index is 0.0289. The molecule has 0 aliphatic carbocycles. The van der Waals surface area contributed by atoms with Crippen LogP contribution in [0.2, 0.25) is 0 Å². The number of likely N-dealkylation sites (N-methyl/N-ethyl adjacent to an activating group) is 1. The number of carbonyl (C=O) groups is 2. The van der Waals surface area contributed by atoms with E-state index in [1.807, 2.05) is 14.1 Å². The molecule has 0 spiro atoms. The summed E-state index contributed by atoms with van der Waals surface area (Å²) in [4.78, 5) is 23.6. The molecule has 1 rings (SSSR count). The number of benzene rings is 1. The Morgan fingerprint density at radius 2 is 1.82 bits per heavy atom. The van der Waals surface area contributed by atoms with Gasteiger partial charge in [-0.2, -0.15) is 0 Å². The van der Waals surface area contributed by atoms with Gasteiger partial charge in [0.05, 0.1) is 25.6 Å². The van der Waals surface area contributed by atoms with Crippen LogP contribution in [0, 0.1) is 0 Å². The number of carboxylic acids is 1. The lowest BCUT2D eigenvalue weighted by Gasteiger charge is -2.11. The molecule has 5 nitrogen and oxygen atoms in total. The Morgan fingerprint density at radius 1 is 1.24 bits per heavy atom. The van der Waals surface area contributed by atoms with Crippen molar-refractivity contribution in [2.75, 3.05) is 27.2 Å². The van der Waals surface area contributed by atoms with Crippen LogP contribution in [0.3, 0.4) is 0 Å². The van der Waals surface area contributed by atoms with E-state index in [0.29, 0.717) is 6.54 Å². The van der Waals surface area contributed by atoms with Crippen LogP contribution < -0.4 is 10.0 Å². The number of rotatable bonds is 5. The zero-order chi connectivity index (χ0) is 12.8. The minimum atomic E-state index is -1.38. The maximum atomic E-state index is 11.6. The second kappa shape index (κ2) is 6.00. The molecular formula is C12H15NO4. The summed E-state index contributed by atoms with van der Waals surface area (Å²) in [5, 5.41) is 10.8. The summed E-state index contributed by atoms with van der Waals surface area (Å²) in [6.45, 7) is 0.918. The van der Waals surface area contributed by atoms with Crippen LogP contribution in [0.25, 0.3) is 0 Å². The smallest absolute Gasteiger partial charge is 0.339 e. The molecule has 0 saturated carbocycles. The number of esters is 1. The number of quaternary nitrogens is 1. The molecule has 0 aromatic heterocycles. The maximum absolute atomic E-state index is 11.6. The molecule has 5 heteroatoms. The van der Waals surface area contributed by atoms with Crippen LogP contribution >= 0.6 is 0 Å². The zero-order valence-corrected chi connectivity index (χ0v) is 9.86. The quantitative estimate of drug-likeness (QED) is 0.623.